The van der Waals surface area contributed by atoms with E-state index in [9.17, 15) is 4.39 Å². The standard InChI is InChI=1S/C14H12Cl2FN/c1-9(10-5-7-11(15)8-6-10)18-13-4-2-3-12(16)14(13)17/h2-9,18H,1H3. The first-order chi connectivity index (χ1) is 8.58. The van der Waals surface area contributed by atoms with Crippen molar-refractivity contribution >= 4 is 28.9 Å². The first-order valence-electron chi connectivity index (χ1n) is 5.54. The van der Waals surface area contributed by atoms with Gasteiger partial charge in [-0.2, -0.15) is 0 Å². The highest BCUT2D eigenvalue weighted by Gasteiger charge is 2.10. The monoisotopic (exact) mass is 283 g/mol. The van der Waals surface area contributed by atoms with E-state index in [4.69, 9.17) is 23.2 Å². The predicted molar refractivity (Wildman–Crippen MR) is 74.9 cm³/mol. The van der Waals surface area contributed by atoms with Crippen LogP contribution in [0, 0.1) is 5.82 Å². The van der Waals surface area contributed by atoms with Gasteiger partial charge in [0.1, 0.15) is 0 Å². The zero-order valence-corrected chi connectivity index (χ0v) is 11.3. The lowest BCUT2D eigenvalue weighted by Crippen LogP contribution is -2.07. The van der Waals surface area contributed by atoms with Crippen LogP contribution < -0.4 is 5.32 Å². The Morgan fingerprint density at radius 2 is 1.72 bits per heavy atom. The molecule has 0 amide bonds. The summed E-state index contributed by atoms with van der Waals surface area (Å²) >= 11 is 11.6. The topological polar surface area (TPSA) is 12.0 Å². The second-order valence-corrected chi connectivity index (χ2v) is 4.86. The number of nitrogens with one attached hydrogen (secondary N) is 1. The van der Waals surface area contributed by atoms with Crippen LogP contribution in [0.4, 0.5) is 10.1 Å². The van der Waals surface area contributed by atoms with E-state index in [0.717, 1.165) is 5.56 Å². The van der Waals surface area contributed by atoms with Crippen LogP contribution in [-0.2, 0) is 0 Å². The van der Waals surface area contributed by atoms with E-state index in [1.54, 1.807) is 12.1 Å². The third kappa shape index (κ3) is 2.95. The summed E-state index contributed by atoms with van der Waals surface area (Å²) in [4.78, 5) is 0. The molecule has 0 saturated heterocycles. The maximum absolute atomic E-state index is 13.7. The zero-order valence-electron chi connectivity index (χ0n) is 9.75. The fraction of sp³-hybridized carbons (Fsp3) is 0.143. The second kappa shape index (κ2) is 5.59. The Morgan fingerprint density at radius 3 is 2.39 bits per heavy atom. The number of halogens is 3. The predicted octanol–water partition coefficient (Wildman–Crippen LogP) is 5.31. The largest absolute Gasteiger partial charge is 0.376 e. The summed E-state index contributed by atoms with van der Waals surface area (Å²) in [6.07, 6.45) is 0. The maximum Gasteiger partial charge on any atom is 0.164 e. The van der Waals surface area contributed by atoms with Gasteiger partial charge in [0.05, 0.1) is 10.7 Å². The Hall–Kier alpha value is -1.25. The lowest BCUT2D eigenvalue weighted by Gasteiger charge is -2.16. The molecule has 1 atom stereocenters. The van der Waals surface area contributed by atoms with E-state index >= 15 is 0 Å². The molecule has 1 N–H and O–H groups in total. The van der Waals surface area contributed by atoms with Gasteiger partial charge in [-0.05, 0) is 36.8 Å². The quantitative estimate of drug-likeness (QED) is 0.805. The molecule has 0 spiro atoms. The molecular formula is C14H12Cl2FN. The molecule has 18 heavy (non-hydrogen) atoms. The molecule has 94 valence electrons. The van der Waals surface area contributed by atoms with E-state index in [2.05, 4.69) is 5.32 Å². The third-order valence-corrected chi connectivity index (χ3v) is 3.24. The number of rotatable bonds is 3. The fourth-order valence-corrected chi connectivity index (χ4v) is 1.98. The molecule has 0 aliphatic carbocycles. The van der Waals surface area contributed by atoms with Crippen molar-refractivity contribution in [1.82, 2.24) is 0 Å². The highest BCUT2D eigenvalue weighted by Crippen LogP contribution is 2.26. The van der Waals surface area contributed by atoms with Gasteiger partial charge in [-0.1, -0.05) is 41.4 Å². The van der Waals surface area contributed by atoms with Crippen molar-refractivity contribution in [2.24, 2.45) is 0 Å². The molecule has 0 aliphatic heterocycles. The molecule has 2 rings (SSSR count). The average molecular weight is 284 g/mol. The number of hydrogen-bond donors (Lipinski definition) is 1. The van der Waals surface area contributed by atoms with Gasteiger partial charge >= 0.3 is 0 Å². The normalized spacial score (nSPS) is 12.2. The van der Waals surface area contributed by atoms with Crippen LogP contribution in [0.15, 0.2) is 42.5 Å². The molecule has 1 unspecified atom stereocenters. The van der Waals surface area contributed by atoms with Crippen molar-refractivity contribution in [2.45, 2.75) is 13.0 Å². The molecular weight excluding hydrogens is 272 g/mol. The summed E-state index contributed by atoms with van der Waals surface area (Å²) in [6, 6.07) is 12.3. The molecule has 0 fully saturated rings. The van der Waals surface area contributed by atoms with Crippen molar-refractivity contribution in [3.63, 3.8) is 0 Å². The van der Waals surface area contributed by atoms with Crippen LogP contribution in [0.2, 0.25) is 10.0 Å². The van der Waals surface area contributed by atoms with Gasteiger partial charge in [0.2, 0.25) is 0 Å². The summed E-state index contributed by atoms with van der Waals surface area (Å²) in [5.41, 5.74) is 1.42. The van der Waals surface area contributed by atoms with Crippen molar-refractivity contribution < 1.29 is 4.39 Å². The minimum atomic E-state index is -0.431. The van der Waals surface area contributed by atoms with Gasteiger partial charge in [0.15, 0.2) is 5.82 Å². The molecule has 0 aliphatic rings. The molecule has 0 bridgehead atoms. The van der Waals surface area contributed by atoms with E-state index < -0.39 is 5.82 Å². The van der Waals surface area contributed by atoms with Gasteiger partial charge in [0.25, 0.3) is 0 Å². The van der Waals surface area contributed by atoms with E-state index in [-0.39, 0.29) is 11.1 Å². The smallest absolute Gasteiger partial charge is 0.164 e. The minimum absolute atomic E-state index is 0.0322. The molecule has 2 aromatic rings. The van der Waals surface area contributed by atoms with Gasteiger partial charge in [-0.25, -0.2) is 4.39 Å². The summed E-state index contributed by atoms with van der Waals surface area (Å²) < 4.78 is 13.7. The molecule has 4 heteroatoms. The zero-order chi connectivity index (χ0) is 13.1. The van der Waals surface area contributed by atoms with Gasteiger partial charge in [-0.15, -0.1) is 0 Å². The first-order valence-corrected chi connectivity index (χ1v) is 6.29. The summed E-state index contributed by atoms with van der Waals surface area (Å²) in [5, 5.41) is 3.88. The summed E-state index contributed by atoms with van der Waals surface area (Å²) in [7, 11) is 0. The molecule has 2 aromatic carbocycles. The number of benzene rings is 2. The van der Waals surface area contributed by atoms with E-state index in [1.165, 1.54) is 6.07 Å². The summed E-state index contributed by atoms with van der Waals surface area (Å²) in [5.74, 6) is -0.431. The van der Waals surface area contributed by atoms with Crippen LogP contribution in [-0.4, -0.2) is 0 Å². The average Bonchev–Trinajstić information content (AvgIpc) is 2.36. The highest BCUT2D eigenvalue weighted by molar-refractivity contribution is 6.31. The van der Waals surface area contributed by atoms with Crippen LogP contribution in [0.5, 0.6) is 0 Å². The van der Waals surface area contributed by atoms with Crippen molar-refractivity contribution in [3.05, 3.63) is 63.9 Å². The van der Waals surface area contributed by atoms with E-state index in [0.29, 0.717) is 10.7 Å². The number of anilines is 1. The van der Waals surface area contributed by atoms with Crippen molar-refractivity contribution in [3.8, 4) is 0 Å². The lowest BCUT2D eigenvalue weighted by atomic mass is 10.1. The van der Waals surface area contributed by atoms with Crippen LogP contribution in [0.1, 0.15) is 18.5 Å². The SMILES string of the molecule is CC(Nc1cccc(Cl)c1F)c1ccc(Cl)cc1. The molecule has 0 radical (unpaired) electrons. The Balaban J connectivity index is 2.18. The molecule has 0 aromatic heterocycles. The lowest BCUT2D eigenvalue weighted by molar-refractivity contribution is 0.628. The van der Waals surface area contributed by atoms with Crippen LogP contribution in [0.3, 0.4) is 0 Å². The summed E-state index contributed by atoms with van der Waals surface area (Å²) in [6.45, 7) is 1.95. The minimum Gasteiger partial charge on any atom is -0.376 e. The third-order valence-electron chi connectivity index (χ3n) is 2.69. The Morgan fingerprint density at radius 1 is 1.06 bits per heavy atom. The molecule has 1 nitrogen and oxygen atoms in total. The Bertz CT molecular complexity index is 540. The van der Waals surface area contributed by atoms with Crippen LogP contribution >= 0.6 is 23.2 Å². The first kappa shape index (κ1) is 13.2. The van der Waals surface area contributed by atoms with Crippen LogP contribution in [0.25, 0.3) is 0 Å². The van der Waals surface area contributed by atoms with Crippen molar-refractivity contribution in [1.29, 1.82) is 0 Å². The highest BCUT2D eigenvalue weighted by atomic mass is 35.5. The molecule has 0 heterocycles. The molecule has 0 saturated carbocycles. The van der Waals surface area contributed by atoms with Gasteiger partial charge in [-0.3, -0.25) is 0 Å². The Kier molecular flexibility index (Phi) is 4.10. The number of hydrogen-bond acceptors (Lipinski definition) is 1. The Labute approximate surface area is 116 Å². The van der Waals surface area contributed by atoms with E-state index in [1.807, 2.05) is 31.2 Å². The van der Waals surface area contributed by atoms with Crippen molar-refractivity contribution in [2.75, 3.05) is 5.32 Å². The fourth-order valence-electron chi connectivity index (χ4n) is 1.68. The maximum atomic E-state index is 13.7. The van der Waals surface area contributed by atoms with Gasteiger partial charge < -0.3 is 5.32 Å². The van der Waals surface area contributed by atoms with Gasteiger partial charge in [0, 0.05) is 11.1 Å². The second-order valence-electron chi connectivity index (χ2n) is 4.02.